The molecule has 2 heterocycles. The first-order valence-electron chi connectivity index (χ1n) is 17.6. The number of fused-ring (bicyclic) bond motifs is 2. The van der Waals surface area contributed by atoms with Crippen LogP contribution in [0.1, 0.15) is 84.8 Å². The Morgan fingerprint density at radius 1 is 0.760 bits per heavy atom. The number of rotatable bonds is 9. The second kappa shape index (κ2) is 15.5. The van der Waals surface area contributed by atoms with Crippen molar-refractivity contribution in [3.8, 4) is 5.75 Å². The van der Waals surface area contributed by atoms with Gasteiger partial charge < -0.3 is 9.64 Å². The Morgan fingerprint density at radius 2 is 1.40 bits per heavy atom. The van der Waals surface area contributed by atoms with Crippen LogP contribution in [-0.4, -0.2) is 23.4 Å². The molecule has 3 aliphatic rings. The molecule has 0 spiro atoms. The van der Waals surface area contributed by atoms with Crippen LogP contribution in [-0.2, 0) is 10.8 Å². The van der Waals surface area contributed by atoms with Gasteiger partial charge in [0.15, 0.2) is 5.71 Å². The van der Waals surface area contributed by atoms with Gasteiger partial charge in [0.2, 0.25) is 5.69 Å². The van der Waals surface area contributed by atoms with Gasteiger partial charge in [-0.25, -0.2) is 18.6 Å². The van der Waals surface area contributed by atoms with Crippen LogP contribution in [0.2, 0.25) is 0 Å². The number of ether oxygens (including phenoxy) is 1. The predicted octanol–water partition coefficient (Wildman–Crippen LogP) is 5.81. The molecule has 0 N–H and O–H groups in total. The second-order valence-corrected chi connectivity index (χ2v) is 14.8. The third kappa shape index (κ3) is 8.14. The summed E-state index contributed by atoms with van der Waals surface area (Å²) in [5, 5.41) is 0. The average Bonchev–Trinajstić information content (AvgIpc) is 3.42. The lowest BCUT2D eigenvalue weighted by Gasteiger charge is -2.27. The molecule has 3 aromatic rings. The highest BCUT2D eigenvalue weighted by Crippen LogP contribution is 2.48. The summed E-state index contributed by atoms with van der Waals surface area (Å²) in [4.78, 5) is 2.52. The molecule has 0 saturated heterocycles. The van der Waals surface area contributed by atoms with Crippen LogP contribution in [0.25, 0.3) is 0 Å². The van der Waals surface area contributed by atoms with Gasteiger partial charge in [0, 0.05) is 47.5 Å². The molecule has 0 fully saturated rings. The molecule has 264 valence electrons. The number of halogens is 1. The molecule has 2 aliphatic heterocycles. The van der Waals surface area contributed by atoms with Crippen molar-refractivity contribution < 1.29 is 38.2 Å². The summed E-state index contributed by atoms with van der Waals surface area (Å²) in [7, 11) is -4.94. The molecule has 7 nitrogen and oxygen atoms in total. The monoisotopic (exact) mass is 696 g/mol. The minimum atomic E-state index is -4.94. The molecule has 0 aromatic heterocycles. The first kappa shape index (κ1) is 37.3. The zero-order chi connectivity index (χ0) is 36.1. The van der Waals surface area contributed by atoms with Gasteiger partial charge in [-0.1, -0.05) is 88.4 Å². The fourth-order valence-corrected chi connectivity index (χ4v) is 7.53. The molecular formula is C42H49ClN2O5. The van der Waals surface area contributed by atoms with E-state index in [-0.39, 0.29) is 10.8 Å². The Balaban J connectivity index is 0.000000908. The summed E-state index contributed by atoms with van der Waals surface area (Å²) in [5.74, 6) is 1.89. The van der Waals surface area contributed by atoms with E-state index < -0.39 is 10.2 Å². The van der Waals surface area contributed by atoms with E-state index in [1.54, 1.807) is 0 Å². The SMILES string of the molecule is CCCN1/C(=C\C=C2\CCCC(/C=C/C3=[N+](CCC)c4ccccc4C3(C)C)=C2Oc2ccccc2)C(C)(C)c2ccccc21.[O-][Cl+3]([O-])([O-])[O-]. The molecule has 6 rings (SSSR count). The lowest BCUT2D eigenvalue weighted by atomic mass is 9.81. The Kier molecular flexibility index (Phi) is 11.6. The Labute approximate surface area is 299 Å². The van der Waals surface area contributed by atoms with Crippen molar-refractivity contribution in [2.45, 2.75) is 84.5 Å². The summed E-state index contributed by atoms with van der Waals surface area (Å²) in [5.41, 5.74) is 10.6. The summed E-state index contributed by atoms with van der Waals surface area (Å²) in [6.45, 7) is 16.0. The van der Waals surface area contributed by atoms with Gasteiger partial charge in [0.25, 0.3) is 0 Å². The molecule has 50 heavy (non-hydrogen) atoms. The van der Waals surface area contributed by atoms with Crippen LogP contribution in [0.4, 0.5) is 11.4 Å². The largest absolute Gasteiger partial charge is 0.457 e. The van der Waals surface area contributed by atoms with Crippen LogP contribution in [0, 0.1) is 10.2 Å². The predicted molar refractivity (Wildman–Crippen MR) is 190 cm³/mol. The maximum Gasteiger partial charge on any atom is 0.209 e. The van der Waals surface area contributed by atoms with Crippen molar-refractivity contribution in [3.05, 3.63) is 137 Å². The van der Waals surface area contributed by atoms with E-state index in [9.17, 15) is 0 Å². The number of nitrogens with zero attached hydrogens (tertiary/aromatic N) is 2. The Hall–Kier alpha value is -3.98. The van der Waals surface area contributed by atoms with Gasteiger partial charge in [0.1, 0.15) is 18.1 Å². The number of hydrogen-bond donors (Lipinski definition) is 0. The molecule has 0 unspecified atom stereocenters. The van der Waals surface area contributed by atoms with Crippen LogP contribution >= 0.6 is 0 Å². The van der Waals surface area contributed by atoms with Crippen molar-refractivity contribution >= 4 is 17.1 Å². The van der Waals surface area contributed by atoms with Gasteiger partial charge in [0.05, 0.1) is 5.41 Å². The molecule has 0 radical (unpaired) electrons. The molecule has 1 aliphatic carbocycles. The van der Waals surface area contributed by atoms with Crippen molar-refractivity contribution in [3.63, 3.8) is 0 Å². The third-order valence-corrected chi connectivity index (χ3v) is 9.82. The van der Waals surface area contributed by atoms with Crippen LogP contribution < -0.4 is 28.3 Å². The standard InChI is InChI=1S/C42H49N2O.ClHO4/c1-7-29-43-36-23-14-12-21-34(36)41(3,4)38(43)27-25-31-17-16-18-32(40(31)45-33-19-10-9-11-20-33)26-28-39-42(5,6)35-22-13-15-24-37(35)44(39)30-8-2;2-1(3,4)5/h9-15,19-28H,7-8,16-18,29-30H2,1-6H3;(H,2,3,4,5)/q+1;/p-1. The summed E-state index contributed by atoms with van der Waals surface area (Å²) >= 11 is 0. The van der Waals surface area contributed by atoms with Gasteiger partial charge in [-0.3, -0.25) is 0 Å². The van der Waals surface area contributed by atoms with Crippen LogP contribution in [0.5, 0.6) is 5.75 Å². The van der Waals surface area contributed by atoms with Crippen LogP contribution in [0.15, 0.2) is 126 Å². The zero-order valence-electron chi connectivity index (χ0n) is 30.1. The topological polar surface area (TPSA) is 108 Å². The number of anilines is 1. The second-order valence-electron chi connectivity index (χ2n) is 14.1. The van der Waals surface area contributed by atoms with E-state index in [4.69, 9.17) is 23.4 Å². The third-order valence-electron chi connectivity index (χ3n) is 9.82. The van der Waals surface area contributed by atoms with Crippen molar-refractivity contribution in [1.82, 2.24) is 0 Å². The minimum absolute atomic E-state index is 0.0627. The summed E-state index contributed by atoms with van der Waals surface area (Å²) < 4.78 is 43.3. The van der Waals surface area contributed by atoms with Crippen molar-refractivity contribution in [2.75, 3.05) is 18.0 Å². The van der Waals surface area contributed by atoms with Gasteiger partial charge in [-0.2, -0.15) is 4.58 Å². The van der Waals surface area contributed by atoms with Gasteiger partial charge >= 0.3 is 0 Å². The highest BCUT2D eigenvalue weighted by atomic mass is 35.7. The van der Waals surface area contributed by atoms with E-state index in [0.29, 0.717) is 0 Å². The van der Waals surface area contributed by atoms with Crippen molar-refractivity contribution in [1.29, 1.82) is 0 Å². The highest BCUT2D eigenvalue weighted by molar-refractivity contribution is 6.03. The normalized spacial score (nSPS) is 19.6. The summed E-state index contributed by atoms with van der Waals surface area (Å²) in [6, 6.07) is 28.1. The molecule has 3 aromatic carbocycles. The molecule has 0 bridgehead atoms. The zero-order valence-corrected chi connectivity index (χ0v) is 30.8. The first-order chi connectivity index (χ1) is 23.8. The lowest BCUT2D eigenvalue weighted by Crippen LogP contribution is -2.68. The van der Waals surface area contributed by atoms with E-state index in [1.807, 2.05) is 6.07 Å². The molecule has 8 heteroatoms. The smallest absolute Gasteiger partial charge is 0.209 e. The van der Waals surface area contributed by atoms with Crippen LogP contribution in [0.3, 0.4) is 0 Å². The lowest BCUT2D eigenvalue weighted by molar-refractivity contribution is -2.00. The highest BCUT2D eigenvalue weighted by Gasteiger charge is 2.44. The quantitative estimate of drug-likeness (QED) is 0.262. The van der Waals surface area contributed by atoms with Crippen molar-refractivity contribution in [2.24, 2.45) is 0 Å². The van der Waals surface area contributed by atoms with E-state index >= 15 is 0 Å². The molecular weight excluding hydrogens is 648 g/mol. The minimum Gasteiger partial charge on any atom is -0.457 e. The maximum absolute atomic E-state index is 8.49. The fourth-order valence-electron chi connectivity index (χ4n) is 7.53. The average molecular weight is 697 g/mol. The van der Waals surface area contributed by atoms with Gasteiger partial charge in [-0.05, 0) is 86.6 Å². The Bertz CT molecular complexity index is 1820. The number of benzene rings is 3. The Morgan fingerprint density at radius 3 is 2.08 bits per heavy atom. The molecule has 0 saturated carbocycles. The fraction of sp³-hybridized carbons (Fsp3) is 0.357. The molecule has 0 atom stereocenters. The maximum atomic E-state index is 8.49. The number of hydrogen-bond acceptors (Lipinski definition) is 6. The number of para-hydroxylation sites is 3. The first-order valence-corrected chi connectivity index (χ1v) is 18.8. The van der Waals surface area contributed by atoms with E-state index in [2.05, 4.69) is 148 Å². The van der Waals surface area contributed by atoms with Gasteiger partial charge in [-0.15, -0.1) is 10.2 Å². The summed E-state index contributed by atoms with van der Waals surface area (Å²) in [6.07, 6.45) is 14.8. The number of allylic oxidation sites excluding steroid dienone is 7. The van der Waals surface area contributed by atoms with E-state index in [0.717, 1.165) is 56.7 Å². The molecule has 0 amide bonds. The van der Waals surface area contributed by atoms with E-state index in [1.165, 1.54) is 45.1 Å².